The number of benzene rings is 1. The van der Waals surface area contributed by atoms with Gasteiger partial charge < -0.3 is 5.32 Å². The monoisotopic (exact) mass is 301 g/mol. The van der Waals surface area contributed by atoms with Gasteiger partial charge in [0.2, 0.25) is 0 Å². The maximum absolute atomic E-state index is 11.2. The SMILES string of the molecule is CC1(C)CC(Nc2ccc(C#N)cc2[N+](=O)[O-])CC(C)(C)C1. The lowest BCUT2D eigenvalue weighted by atomic mass is 9.63. The predicted molar refractivity (Wildman–Crippen MR) is 86.6 cm³/mol. The Labute approximate surface area is 131 Å². The van der Waals surface area contributed by atoms with Gasteiger partial charge in [-0.2, -0.15) is 5.26 Å². The summed E-state index contributed by atoms with van der Waals surface area (Å²) in [5.74, 6) is 0. The van der Waals surface area contributed by atoms with Gasteiger partial charge in [-0.05, 0) is 42.2 Å². The number of nitrogens with zero attached hydrogens (tertiary/aromatic N) is 2. The highest BCUT2D eigenvalue weighted by Gasteiger charge is 2.38. The van der Waals surface area contributed by atoms with Crippen molar-refractivity contribution < 1.29 is 4.92 Å². The Bertz CT molecular complexity index is 613. The Balaban J connectivity index is 2.27. The van der Waals surface area contributed by atoms with Crippen LogP contribution in [0.2, 0.25) is 0 Å². The first-order valence-corrected chi connectivity index (χ1v) is 7.57. The fraction of sp³-hybridized carbons (Fsp3) is 0.588. The van der Waals surface area contributed by atoms with Gasteiger partial charge in [-0.3, -0.25) is 10.1 Å². The van der Waals surface area contributed by atoms with E-state index in [0.29, 0.717) is 11.3 Å². The number of hydrogen-bond acceptors (Lipinski definition) is 4. The molecule has 1 N–H and O–H groups in total. The van der Waals surface area contributed by atoms with Crippen molar-refractivity contribution in [3.63, 3.8) is 0 Å². The Morgan fingerprint density at radius 2 is 1.86 bits per heavy atom. The van der Waals surface area contributed by atoms with E-state index < -0.39 is 4.92 Å². The smallest absolute Gasteiger partial charge is 0.293 e. The zero-order chi connectivity index (χ0) is 16.5. The molecule has 118 valence electrons. The lowest BCUT2D eigenvalue weighted by Gasteiger charge is -2.45. The highest BCUT2D eigenvalue weighted by Crippen LogP contribution is 2.46. The normalized spacial score (nSPS) is 20.1. The van der Waals surface area contributed by atoms with Crippen LogP contribution in [0, 0.1) is 32.3 Å². The van der Waals surface area contributed by atoms with Crippen molar-refractivity contribution in [3.8, 4) is 6.07 Å². The molecule has 1 saturated carbocycles. The second-order valence-corrected chi connectivity index (χ2v) is 7.86. The van der Waals surface area contributed by atoms with Crippen LogP contribution < -0.4 is 5.32 Å². The molecule has 0 spiro atoms. The van der Waals surface area contributed by atoms with Crippen molar-refractivity contribution in [2.45, 2.75) is 53.0 Å². The van der Waals surface area contributed by atoms with Gasteiger partial charge >= 0.3 is 0 Å². The molecule has 5 nitrogen and oxygen atoms in total. The minimum atomic E-state index is -0.428. The van der Waals surface area contributed by atoms with Crippen LogP contribution in [0.25, 0.3) is 0 Å². The number of anilines is 1. The zero-order valence-corrected chi connectivity index (χ0v) is 13.6. The third-order valence-corrected chi connectivity index (χ3v) is 4.24. The van der Waals surface area contributed by atoms with Gasteiger partial charge in [-0.15, -0.1) is 0 Å². The van der Waals surface area contributed by atoms with Crippen LogP contribution in [0.5, 0.6) is 0 Å². The standard InChI is InChI=1S/C17H23N3O2/c1-16(2)8-13(9-17(3,4)11-16)19-14-6-5-12(10-18)7-15(14)20(21)22/h5-7,13,19H,8-9,11H2,1-4H3. The molecule has 0 radical (unpaired) electrons. The van der Waals surface area contributed by atoms with Gasteiger partial charge in [0.05, 0.1) is 16.6 Å². The first-order chi connectivity index (χ1) is 10.1. The second kappa shape index (κ2) is 5.60. The van der Waals surface area contributed by atoms with E-state index in [2.05, 4.69) is 33.0 Å². The van der Waals surface area contributed by atoms with E-state index in [1.165, 1.54) is 6.07 Å². The van der Waals surface area contributed by atoms with Gasteiger partial charge in [0.15, 0.2) is 0 Å². The van der Waals surface area contributed by atoms with Crippen LogP contribution in [-0.4, -0.2) is 11.0 Å². The van der Waals surface area contributed by atoms with E-state index in [0.717, 1.165) is 19.3 Å². The number of hydrogen-bond donors (Lipinski definition) is 1. The first kappa shape index (κ1) is 16.3. The fourth-order valence-electron chi connectivity index (χ4n) is 4.04. The zero-order valence-electron chi connectivity index (χ0n) is 13.6. The Morgan fingerprint density at radius 3 is 2.36 bits per heavy atom. The first-order valence-electron chi connectivity index (χ1n) is 7.57. The molecular weight excluding hydrogens is 278 g/mol. The van der Waals surface area contributed by atoms with Crippen molar-refractivity contribution in [2.24, 2.45) is 10.8 Å². The largest absolute Gasteiger partial charge is 0.377 e. The molecule has 0 aliphatic heterocycles. The Hall–Kier alpha value is -2.09. The van der Waals surface area contributed by atoms with Crippen molar-refractivity contribution in [1.82, 2.24) is 0 Å². The molecule has 0 saturated heterocycles. The van der Waals surface area contributed by atoms with Crippen molar-refractivity contribution in [2.75, 3.05) is 5.32 Å². The summed E-state index contributed by atoms with van der Waals surface area (Å²) in [5, 5.41) is 23.5. The molecule has 0 unspecified atom stereocenters. The van der Waals surface area contributed by atoms with Crippen LogP contribution in [0.4, 0.5) is 11.4 Å². The number of nitro benzene ring substituents is 1. The molecular formula is C17H23N3O2. The molecule has 1 aliphatic carbocycles. The lowest BCUT2D eigenvalue weighted by Crippen LogP contribution is -2.40. The number of nitriles is 1. The summed E-state index contributed by atoms with van der Waals surface area (Å²) in [7, 11) is 0. The third kappa shape index (κ3) is 3.76. The van der Waals surface area contributed by atoms with E-state index in [1.807, 2.05) is 6.07 Å². The van der Waals surface area contributed by atoms with E-state index in [9.17, 15) is 10.1 Å². The molecule has 0 bridgehead atoms. The molecule has 22 heavy (non-hydrogen) atoms. The number of rotatable bonds is 3. The minimum Gasteiger partial charge on any atom is -0.377 e. The highest BCUT2D eigenvalue weighted by molar-refractivity contribution is 5.64. The van der Waals surface area contributed by atoms with Crippen LogP contribution in [0.1, 0.15) is 52.5 Å². The fourth-order valence-corrected chi connectivity index (χ4v) is 4.04. The summed E-state index contributed by atoms with van der Waals surface area (Å²) in [6.45, 7) is 8.98. The van der Waals surface area contributed by atoms with Crippen LogP contribution in [-0.2, 0) is 0 Å². The second-order valence-electron chi connectivity index (χ2n) is 7.86. The third-order valence-electron chi connectivity index (χ3n) is 4.24. The Kier molecular flexibility index (Phi) is 4.15. The van der Waals surface area contributed by atoms with E-state index in [4.69, 9.17) is 5.26 Å². The molecule has 0 amide bonds. The van der Waals surface area contributed by atoms with Crippen molar-refractivity contribution in [1.29, 1.82) is 5.26 Å². The van der Waals surface area contributed by atoms with E-state index >= 15 is 0 Å². The quantitative estimate of drug-likeness (QED) is 0.659. The van der Waals surface area contributed by atoms with Gasteiger partial charge in [0, 0.05) is 12.1 Å². The molecule has 0 aromatic heterocycles. The Morgan fingerprint density at radius 1 is 1.27 bits per heavy atom. The summed E-state index contributed by atoms with van der Waals surface area (Å²) < 4.78 is 0. The maximum atomic E-state index is 11.2. The maximum Gasteiger partial charge on any atom is 0.293 e. The molecule has 2 rings (SSSR count). The minimum absolute atomic E-state index is 0.0276. The average Bonchev–Trinajstić information content (AvgIpc) is 2.35. The van der Waals surface area contributed by atoms with E-state index in [1.54, 1.807) is 12.1 Å². The highest BCUT2D eigenvalue weighted by atomic mass is 16.6. The van der Waals surface area contributed by atoms with Crippen molar-refractivity contribution >= 4 is 11.4 Å². The summed E-state index contributed by atoms with van der Waals surface area (Å²) in [5.41, 5.74) is 1.20. The topological polar surface area (TPSA) is 79.0 Å². The molecule has 0 atom stereocenters. The molecule has 5 heteroatoms. The average molecular weight is 301 g/mol. The molecule has 0 heterocycles. The molecule has 1 aliphatic rings. The summed E-state index contributed by atoms with van der Waals surface area (Å²) in [6, 6.07) is 6.74. The van der Waals surface area contributed by atoms with Gasteiger partial charge in [0.1, 0.15) is 5.69 Å². The predicted octanol–water partition coefficient (Wildman–Crippen LogP) is 4.48. The van der Waals surface area contributed by atoms with Crippen LogP contribution in [0.3, 0.4) is 0 Å². The number of nitro groups is 1. The van der Waals surface area contributed by atoms with Crippen LogP contribution >= 0.6 is 0 Å². The summed E-state index contributed by atoms with van der Waals surface area (Å²) in [4.78, 5) is 10.8. The molecule has 1 fully saturated rings. The number of nitrogens with one attached hydrogen (secondary N) is 1. The van der Waals surface area contributed by atoms with Gasteiger partial charge in [-0.1, -0.05) is 27.7 Å². The van der Waals surface area contributed by atoms with Gasteiger partial charge in [-0.25, -0.2) is 0 Å². The van der Waals surface area contributed by atoms with E-state index in [-0.39, 0.29) is 22.6 Å². The molecule has 1 aromatic carbocycles. The molecule has 1 aromatic rings. The van der Waals surface area contributed by atoms with Gasteiger partial charge in [0.25, 0.3) is 5.69 Å². The van der Waals surface area contributed by atoms with Crippen molar-refractivity contribution in [3.05, 3.63) is 33.9 Å². The summed E-state index contributed by atoms with van der Waals surface area (Å²) in [6.07, 6.45) is 3.11. The van der Waals surface area contributed by atoms with Crippen LogP contribution in [0.15, 0.2) is 18.2 Å². The summed E-state index contributed by atoms with van der Waals surface area (Å²) >= 11 is 0. The lowest BCUT2D eigenvalue weighted by molar-refractivity contribution is -0.384.